The minimum absolute atomic E-state index is 0.0547. The second-order valence-electron chi connectivity index (χ2n) is 3.69. The van der Waals surface area contributed by atoms with Gasteiger partial charge in [-0.1, -0.05) is 11.8 Å². The Hall–Kier alpha value is -1.18. The van der Waals surface area contributed by atoms with Crippen LogP contribution in [0.4, 0.5) is 0 Å². The summed E-state index contributed by atoms with van der Waals surface area (Å²) in [7, 11) is 0. The van der Waals surface area contributed by atoms with Crippen LogP contribution in [0.2, 0.25) is 0 Å². The zero-order chi connectivity index (χ0) is 12.5. The Bertz CT molecular complexity index is 743. The summed E-state index contributed by atoms with van der Waals surface area (Å²) >= 11 is 4.62. The zero-order valence-corrected chi connectivity index (χ0v) is 11.9. The number of rotatable bonds is 3. The van der Waals surface area contributed by atoms with Crippen molar-refractivity contribution < 1.29 is 0 Å². The summed E-state index contributed by atoms with van der Waals surface area (Å²) in [5, 5.41) is 3.90. The molecular weight excluding hydrogens is 286 g/mol. The van der Waals surface area contributed by atoms with E-state index in [1.165, 1.54) is 11.3 Å². The molecule has 0 bridgehead atoms. The summed E-state index contributed by atoms with van der Waals surface area (Å²) in [5.74, 6) is 1.33. The van der Waals surface area contributed by atoms with Crippen molar-refractivity contribution in [3.8, 4) is 0 Å². The van der Waals surface area contributed by atoms with Gasteiger partial charge in [0, 0.05) is 11.1 Å². The summed E-state index contributed by atoms with van der Waals surface area (Å²) in [6, 6.07) is 1.87. The topological polar surface area (TPSA) is 58.6 Å². The van der Waals surface area contributed by atoms with Crippen molar-refractivity contribution in [2.45, 2.75) is 17.0 Å². The second kappa shape index (κ2) is 4.83. The molecule has 7 heteroatoms. The number of nitrogens with one attached hydrogen (secondary N) is 1. The van der Waals surface area contributed by atoms with Gasteiger partial charge in [0.25, 0.3) is 5.56 Å². The van der Waals surface area contributed by atoms with Crippen molar-refractivity contribution in [1.29, 1.82) is 0 Å². The van der Waals surface area contributed by atoms with Crippen molar-refractivity contribution in [1.82, 2.24) is 15.0 Å². The highest BCUT2D eigenvalue weighted by Gasteiger charge is 2.06. The lowest BCUT2D eigenvalue weighted by molar-refractivity contribution is 1.04. The summed E-state index contributed by atoms with van der Waals surface area (Å²) < 4.78 is 1.69. The van der Waals surface area contributed by atoms with Crippen LogP contribution in [0.15, 0.2) is 26.0 Å². The van der Waals surface area contributed by atoms with Gasteiger partial charge in [-0.05, 0) is 18.4 Å². The van der Waals surface area contributed by atoms with Crippen LogP contribution >= 0.6 is 34.4 Å². The summed E-state index contributed by atoms with van der Waals surface area (Å²) in [5.41, 5.74) is 1.74. The number of aromatic nitrogens is 3. The Morgan fingerprint density at radius 2 is 2.28 bits per heavy atom. The number of hydrogen-bond donors (Lipinski definition) is 1. The molecule has 0 radical (unpaired) electrons. The molecule has 3 heterocycles. The second-order valence-corrected chi connectivity index (χ2v) is 6.69. The van der Waals surface area contributed by atoms with Gasteiger partial charge in [0.15, 0.2) is 4.34 Å². The minimum Gasteiger partial charge on any atom is -0.309 e. The first-order valence-corrected chi connectivity index (χ1v) is 7.98. The van der Waals surface area contributed by atoms with Crippen LogP contribution in [0.1, 0.15) is 11.5 Å². The molecule has 0 spiro atoms. The van der Waals surface area contributed by atoms with Crippen LogP contribution in [0.3, 0.4) is 0 Å². The van der Waals surface area contributed by atoms with E-state index >= 15 is 0 Å². The molecule has 0 atom stereocenters. The number of aryl methyl sites for hydroxylation is 1. The predicted octanol–water partition coefficient (Wildman–Crippen LogP) is 3.04. The molecule has 0 fully saturated rings. The molecule has 0 aromatic carbocycles. The molecule has 0 aliphatic rings. The third-order valence-corrected chi connectivity index (χ3v) is 5.35. The Balaban J connectivity index is 1.84. The van der Waals surface area contributed by atoms with Crippen molar-refractivity contribution in [2.24, 2.45) is 0 Å². The van der Waals surface area contributed by atoms with Crippen LogP contribution in [-0.2, 0) is 5.75 Å². The molecule has 18 heavy (non-hydrogen) atoms. The highest BCUT2D eigenvalue weighted by Crippen LogP contribution is 2.25. The molecular formula is C11H9N3OS3. The molecule has 0 saturated heterocycles. The van der Waals surface area contributed by atoms with E-state index in [2.05, 4.69) is 15.0 Å². The van der Waals surface area contributed by atoms with Gasteiger partial charge in [0.2, 0.25) is 0 Å². The zero-order valence-electron chi connectivity index (χ0n) is 9.47. The van der Waals surface area contributed by atoms with Gasteiger partial charge in [-0.25, -0.2) is 9.97 Å². The van der Waals surface area contributed by atoms with Gasteiger partial charge in [-0.2, -0.15) is 0 Å². The van der Waals surface area contributed by atoms with E-state index in [1.54, 1.807) is 23.1 Å². The number of fused-ring (bicyclic) bond motifs is 1. The summed E-state index contributed by atoms with van der Waals surface area (Å²) in [4.78, 5) is 23.4. The number of H-pyrrole nitrogens is 1. The standard InChI is InChI=1S/C11H9N3OS3/c1-6-4-17-11(12-6)18-5-8-13-7-2-3-16-9(7)10(15)14-8/h2-4H,5H2,1H3,(H,13,14,15). The van der Waals surface area contributed by atoms with Crippen LogP contribution < -0.4 is 5.56 Å². The van der Waals surface area contributed by atoms with E-state index in [0.717, 1.165) is 15.6 Å². The van der Waals surface area contributed by atoms with Gasteiger partial charge in [-0.15, -0.1) is 22.7 Å². The van der Waals surface area contributed by atoms with Crippen LogP contribution in [0.5, 0.6) is 0 Å². The molecule has 3 aromatic rings. The van der Waals surface area contributed by atoms with Crippen LogP contribution in [0, 0.1) is 6.92 Å². The third-order valence-electron chi connectivity index (χ3n) is 2.29. The van der Waals surface area contributed by atoms with Gasteiger partial charge in [0.1, 0.15) is 10.5 Å². The number of thioether (sulfide) groups is 1. The SMILES string of the molecule is Cc1csc(SCc2nc3ccsc3c(=O)[nH]2)n1. The molecule has 92 valence electrons. The van der Waals surface area contributed by atoms with E-state index in [4.69, 9.17) is 0 Å². The Morgan fingerprint density at radius 1 is 1.39 bits per heavy atom. The normalized spacial score (nSPS) is 11.2. The molecule has 3 rings (SSSR count). The third kappa shape index (κ3) is 2.33. The average molecular weight is 295 g/mol. The maximum atomic E-state index is 11.8. The molecule has 1 N–H and O–H groups in total. The Morgan fingerprint density at radius 3 is 3.06 bits per heavy atom. The highest BCUT2D eigenvalue weighted by atomic mass is 32.2. The lowest BCUT2D eigenvalue weighted by Crippen LogP contribution is -2.09. The highest BCUT2D eigenvalue weighted by molar-refractivity contribution is 8.00. The van der Waals surface area contributed by atoms with E-state index in [9.17, 15) is 4.79 Å². The fourth-order valence-corrected chi connectivity index (χ4v) is 3.96. The lowest BCUT2D eigenvalue weighted by atomic mass is 10.4. The van der Waals surface area contributed by atoms with Crippen LogP contribution in [0.25, 0.3) is 10.2 Å². The molecule has 0 unspecified atom stereocenters. The Kier molecular flexibility index (Phi) is 3.19. The number of nitrogens with zero attached hydrogens (tertiary/aromatic N) is 2. The summed E-state index contributed by atoms with van der Waals surface area (Å²) in [6.45, 7) is 1.97. The summed E-state index contributed by atoms with van der Waals surface area (Å²) in [6.07, 6.45) is 0. The first kappa shape index (κ1) is 11.9. The van der Waals surface area contributed by atoms with E-state index in [-0.39, 0.29) is 5.56 Å². The average Bonchev–Trinajstić information content (AvgIpc) is 2.95. The fourth-order valence-electron chi connectivity index (χ4n) is 1.52. The number of hydrogen-bond acceptors (Lipinski definition) is 6. The predicted molar refractivity (Wildman–Crippen MR) is 76.7 cm³/mol. The lowest BCUT2D eigenvalue weighted by Gasteiger charge is -1.98. The van der Waals surface area contributed by atoms with E-state index < -0.39 is 0 Å². The molecule has 0 aliphatic heterocycles. The van der Waals surface area contributed by atoms with E-state index in [0.29, 0.717) is 16.3 Å². The van der Waals surface area contributed by atoms with E-state index in [1.807, 2.05) is 23.8 Å². The molecule has 0 saturated carbocycles. The largest absolute Gasteiger partial charge is 0.309 e. The van der Waals surface area contributed by atoms with Gasteiger partial charge in [-0.3, -0.25) is 4.79 Å². The molecule has 0 amide bonds. The fraction of sp³-hybridized carbons (Fsp3) is 0.182. The maximum absolute atomic E-state index is 11.8. The maximum Gasteiger partial charge on any atom is 0.268 e. The molecule has 3 aromatic heterocycles. The molecule has 4 nitrogen and oxygen atoms in total. The van der Waals surface area contributed by atoms with Crippen molar-refractivity contribution >= 4 is 44.7 Å². The van der Waals surface area contributed by atoms with Gasteiger partial charge < -0.3 is 4.98 Å². The minimum atomic E-state index is -0.0547. The number of aromatic amines is 1. The first-order valence-electron chi connectivity index (χ1n) is 5.24. The number of thiazole rings is 1. The quantitative estimate of drug-likeness (QED) is 0.755. The smallest absolute Gasteiger partial charge is 0.268 e. The number of thiophene rings is 1. The van der Waals surface area contributed by atoms with Gasteiger partial charge in [0.05, 0.1) is 11.3 Å². The Labute approximate surface area is 115 Å². The van der Waals surface area contributed by atoms with Crippen molar-refractivity contribution in [3.63, 3.8) is 0 Å². The van der Waals surface area contributed by atoms with Crippen molar-refractivity contribution in [2.75, 3.05) is 0 Å². The first-order chi connectivity index (χ1) is 8.72. The molecule has 0 aliphatic carbocycles. The van der Waals surface area contributed by atoms with Crippen molar-refractivity contribution in [3.05, 3.63) is 38.7 Å². The van der Waals surface area contributed by atoms with Gasteiger partial charge >= 0.3 is 0 Å². The monoisotopic (exact) mass is 295 g/mol. The van der Waals surface area contributed by atoms with Crippen LogP contribution in [-0.4, -0.2) is 15.0 Å².